The van der Waals surface area contributed by atoms with E-state index in [2.05, 4.69) is 21.9 Å². The molecule has 4 rings (SSSR count). The third-order valence-corrected chi connectivity index (χ3v) is 3.76. The summed E-state index contributed by atoms with van der Waals surface area (Å²) < 4.78 is 4.95. The fourth-order valence-corrected chi connectivity index (χ4v) is 2.84. The van der Waals surface area contributed by atoms with Crippen LogP contribution in [-0.4, -0.2) is 29.2 Å². The van der Waals surface area contributed by atoms with Gasteiger partial charge in [-0.1, -0.05) is 11.1 Å². The van der Waals surface area contributed by atoms with Gasteiger partial charge in [0.25, 0.3) is 0 Å². The predicted molar refractivity (Wildman–Crippen MR) is 60.7 cm³/mol. The van der Waals surface area contributed by atoms with Gasteiger partial charge in [0.15, 0.2) is 0 Å². The molecule has 0 amide bonds. The quantitative estimate of drug-likeness (QED) is 0.671. The molecule has 3 nitrogen and oxygen atoms in total. The van der Waals surface area contributed by atoms with Crippen LogP contribution in [0.3, 0.4) is 0 Å². The number of nitrogens with zero attached hydrogens (tertiary/aromatic N) is 2. The molecular formula is C13H16N2O. The average Bonchev–Trinajstić information content (AvgIpc) is 2.84. The van der Waals surface area contributed by atoms with Gasteiger partial charge in [-0.3, -0.25) is 4.90 Å². The fraction of sp³-hybridized carbons (Fsp3) is 0.615. The molecule has 3 aliphatic heterocycles. The number of piperidine rings is 3. The van der Waals surface area contributed by atoms with Crippen molar-refractivity contribution in [2.24, 2.45) is 5.92 Å². The highest BCUT2D eigenvalue weighted by atomic mass is 16.5. The molecule has 3 aliphatic rings. The first-order valence-electron chi connectivity index (χ1n) is 6.05. The minimum absolute atomic E-state index is 0.677. The van der Waals surface area contributed by atoms with Crippen LogP contribution in [0.1, 0.15) is 31.4 Å². The van der Waals surface area contributed by atoms with E-state index in [0.29, 0.717) is 11.8 Å². The van der Waals surface area contributed by atoms with Crippen molar-refractivity contribution in [3.63, 3.8) is 0 Å². The topological polar surface area (TPSA) is 29.3 Å². The van der Waals surface area contributed by atoms with E-state index in [0.717, 1.165) is 12.3 Å². The Bertz CT molecular complexity index is 393. The van der Waals surface area contributed by atoms with Gasteiger partial charge >= 0.3 is 0 Å². The number of rotatable bonds is 1. The lowest BCUT2D eigenvalue weighted by Crippen LogP contribution is -2.48. The Labute approximate surface area is 95.8 Å². The SMILES string of the molecule is C(#Cc1ccno1)CC1CC2CCN1CC2. The monoisotopic (exact) mass is 216 g/mol. The van der Waals surface area contributed by atoms with Crippen LogP contribution in [0.2, 0.25) is 0 Å². The smallest absolute Gasteiger partial charge is 0.209 e. The zero-order valence-corrected chi connectivity index (χ0v) is 9.35. The molecule has 16 heavy (non-hydrogen) atoms. The van der Waals surface area contributed by atoms with Gasteiger partial charge in [-0.2, -0.15) is 0 Å². The standard InChI is InChI=1S/C13H16N2O/c1(3-13-4-7-14-16-13)2-12-10-11-5-8-15(12)9-6-11/h4,7,11-12H,2,5-6,8-10H2. The van der Waals surface area contributed by atoms with Gasteiger partial charge in [0.1, 0.15) is 0 Å². The molecule has 3 fully saturated rings. The van der Waals surface area contributed by atoms with Gasteiger partial charge in [-0.15, -0.1) is 0 Å². The zero-order valence-electron chi connectivity index (χ0n) is 9.35. The highest BCUT2D eigenvalue weighted by molar-refractivity contribution is 5.23. The summed E-state index contributed by atoms with van der Waals surface area (Å²) >= 11 is 0. The number of fused-ring (bicyclic) bond motifs is 3. The second kappa shape index (κ2) is 4.31. The summed E-state index contributed by atoms with van der Waals surface area (Å²) in [6.07, 6.45) is 6.73. The number of hydrogen-bond donors (Lipinski definition) is 0. The molecule has 1 aromatic rings. The summed E-state index contributed by atoms with van der Waals surface area (Å²) in [4.78, 5) is 2.59. The molecule has 1 atom stereocenters. The van der Waals surface area contributed by atoms with Crippen LogP contribution < -0.4 is 0 Å². The van der Waals surface area contributed by atoms with Gasteiger partial charge in [0, 0.05) is 18.5 Å². The maximum atomic E-state index is 4.95. The van der Waals surface area contributed by atoms with Gasteiger partial charge in [0.2, 0.25) is 5.76 Å². The van der Waals surface area contributed by atoms with E-state index in [1.807, 2.05) is 0 Å². The van der Waals surface area contributed by atoms with Crippen molar-refractivity contribution in [1.29, 1.82) is 0 Å². The van der Waals surface area contributed by atoms with Gasteiger partial charge in [-0.05, 0) is 44.2 Å². The first-order valence-corrected chi connectivity index (χ1v) is 6.05. The summed E-state index contributed by atoms with van der Waals surface area (Å²) in [5.41, 5.74) is 0. The van der Waals surface area contributed by atoms with Crippen molar-refractivity contribution in [3.8, 4) is 11.8 Å². The van der Waals surface area contributed by atoms with Crippen LogP contribution in [-0.2, 0) is 0 Å². The Morgan fingerprint density at radius 3 is 2.94 bits per heavy atom. The summed E-state index contributed by atoms with van der Waals surface area (Å²) in [5, 5.41) is 3.64. The van der Waals surface area contributed by atoms with Crippen LogP contribution in [0.25, 0.3) is 0 Å². The first-order chi connectivity index (χ1) is 7.92. The van der Waals surface area contributed by atoms with Crippen LogP contribution >= 0.6 is 0 Å². The lowest BCUT2D eigenvalue weighted by atomic mass is 9.82. The van der Waals surface area contributed by atoms with Crippen molar-refractivity contribution in [2.75, 3.05) is 13.1 Å². The minimum Gasteiger partial charge on any atom is -0.348 e. The van der Waals surface area contributed by atoms with Gasteiger partial charge in [0.05, 0.1) is 6.20 Å². The van der Waals surface area contributed by atoms with E-state index in [9.17, 15) is 0 Å². The van der Waals surface area contributed by atoms with E-state index >= 15 is 0 Å². The van der Waals surface area contributed by atoms with Gasteiger partial charge < -0.3 is 4.52 Å². The van der Waals surface area contributed by atoms with Crippen molar-refractivity contribution in [3.05, 3.63) is 18.0 Å². The van der Waals surface area contributed by atoms with Crippen LogP contribution in [0.15, 0.2) is 16.8 Å². The Kier molecular flexibility index (Phi) is 2.67. The predicted octanol–water partition coefficient (Wildman–Crippen LogP) is 1.90. The summed E-state index contributed by atoms with van der Waals surface area (Å²) in [6, 6.07) is 2.49. The average molecular weight is 216 g/mol. The molecule has 4 heterocycles. The first kappa shape index (κ1) is 9.92. The third-order valence-electron chi connectivity index (χ3n) is 3.76. The molecule has 3 saturated heterocycles. The Morgan fingerprint density at radius 1 is 1.44 bits per heavy atom. The van der Waals surface area contributed by atoms with E-state index in [-0.39, 0.29) is 0 Å². The molecule has 1 unspecified atom stereocenters. The Balaban J connectivity index is 1.59. The molecule has 0 N–H and O–H groups in total. The normalized spacial score (nSPS) is 32.1. The highest BCUT2D eigenvalue weighted by Gasteiger charge is 2.32. The minimum atomic E-state index is 0.677. The maximum absolute atomic E-state index is 4.95. The van der Waals surface area contributed by atoms with Crippen molar-refractivity contribution >= 4 is 0 Å². The van der Waals surface area contributed by atoms with Crippen LogP contribution in [0, 0.1) is 17.8 Å². The highest BCUT2D eigenvalue weighted by Crippen LogP contribution is 2.32. The number of aromatic nitrogens is 1. The fourth-order valence-electron chi connectivity index (χ4n) is 2.84. The van der Waals surface area contributed by atoms with E-state index < -0.39 is 0 Å². The molecule has 0 saturated carbocycles. The molecule has 2 bridgehead atoms. The summed E-state index contributed by atoms with van der Waals surface area (Å²) in [5.74, 6) is 7.88. The van der Waals surface area contributed by atoms with Crippen molar-refractivity contribution < 1.29 is 4.52 Å². The molecule has 84 valence electrons. The summed E-state index contributed by atoms with van der Waals surface area (Å²) in [6.45, 7) is 2.55. The molecule has 3 heteroatoms. The second-order valence-corrected chi connectivity index (χ2v) is 4.75. The lowest BCUT2D eigenvalue weighted by Gasteiger charge is -2.44. The molecule has 0 spiro atoms. The van der Waals surface area contributed by atoms with Crippen LogP contribution in [0.5, 0.6) is 0 Å². The summed E-state index contributed by atoms with van der Waals surface area (Å²) in [7, 11) is 0. The lowest BCUT2D eigenvalue weighted by molar-refractivity contribution is 0.0523. The maximum Gasteiger partial charge on any atom is 0.209 e. The molecule has 1 aromatic heterocycles. The van der Waals surface area contributed by atoms with Crippen LogP contribution in [0.4, 0.5) is 0 Å². The number of hydrogen-bond acceptors (Lipinski definition) is 3. The Morgan fingerprint density at radius 2 is 2.31 bits per heavy atom. The third kappa shape index (κ3) is 1.98. The van der Waals surface area contributed by atoms with E-state index in [1.165, 1.54) is 32.4 Å². The molecular weight excluding hydrogens is 200 g/mol. The molecule has 0 aliphatic carbocycles. The zero-order chi connectivity index (χ0) is 10.8. The van der Waals surface area contributed by atoms with E-state index in [1.54, 1.807) is 12.3 Å². The molecule has 0 radical (unpaired) electrons. The van der Waals surface area contributed by atoms with Gasteiger partial charge in [-0.25, -0.2) is 0 Å². The largest absolute Gasteiger partial charge is 0.348 e. The Hall–Kier alpha value is -1.27. The molecule has 0 aromatic carbocycles. The van der Waals surface area contributed by atoms with Crippen molar-refractivity contribution in [1.82, 2.24) is 10.1 Å². The van der Waals surface area contributed by atoms with E-state index in [4.69, 9.17) is 4.52 Å². The van der Waals surface area contributed by atoms with Crippen molar-refractivity contribution in [2.45, 2.75) is 31.7 Å². The second-order valence-electron chi connectivity index (χ2n) is 4.75.